The molecule has 134 valence electrons. The zero-order valence-corrected chi connectivity index (χ0v) is 14.8. The minimum absolute atomic E-state index is 0.225. The average Bonchev–Trinajstić information content (AvgIpc) is 2.59. The molecular weight excluding hydrogens is 355 g/mol. The Labute approximate surface area is 151 Å². The Morgan fingerprint density at radius 3 is 2.31 bits per heavy atom. The van der Waals surface area contributed by atoms with Crippen LogP contribution in [0, 0.1) is 5.82 Å². The van der Waals surface area contributed by atoms with E-state index in [1.807, 2.05) is 36.4 Å². The molecule has 0 spiro atoms. The molecule has 0 saturated heterocycles. The molecule has 5 nitrogen and oxygen atoms in total. The van der Waals surface area contributed by atoms with Crippen LogP contribution in [0.25, 0.3) is 10.8 Å². The standard InChI is InChI=1S/C19H17FN2O3S/c1-26(24,25)22(18-10-7-16(20)8-11-18)13-19(23)21-17-9-6-14-4-2-3-5-15(14)12-17/h2-12H,13H2,1H3,(H,21,23). The van der Waals surface area contributed by atoms with E-state index in [0.29, 0.717) is 5.69 Å². The number of halogens is 1. The number of amides is 1. The Hall–Kier alpha value is -2.93. The van der Waals surface area contributed by atoms with Gasteiger partial charge in [0.15, 0.2) is 0 Å². The number of anilines is 2. The molecule has 7 heteroatoms. The van der Waals surface area contributed by atoms with Crippen molar-refractivity contribution in [2.75, 3.05) is 22.4 Å². The van der Waals surface area contributed by atoms with Crippen LogP contribution >= 0.6 is 0 Å². The van der Waals surface area contributed by atoms with Gasteiger partial charge in [0, 0.05) is 5.69 Å². The molecule has 0 aliphatic rings. The van der Waals surface area contributed by atoms with Crippen LogP contribution < -0.4 is 9.62 Å². The van der Waals surface area contributed by atoms with Crippen LogP contribution in [-0.4, -0.2) is 27.1 Å². The Balaban J connectivity index is 1.80. The fraction of sp³-hybridized carbons (Fsp3) is 0.105. The molecule has 3 aromatic rings. The fourth-order valence-corrected chi connectivity index (χ4v) is 3.46. The molecule has 26 heavy (non-hydrogen) atoms. The Morgan fingerprint density at radius 2 is 1.65 bits per heavy atom. The summed E-state index contributed by atoms with van der Waals surface area (Å²) in [6.07, 6.45) is 1.000. The monoisotopic (exact) mass is 372 g/mol. The van der Waals surface area contributed by atoms with Gasteiger partial charge in [-0.1, -0.05) is 30.3 Å². The quantitative estimate of drug-likeness (QED) is 0.747. The highest BCUT2D eigenvalue weighted by Gasteiger charge is 2.21. The van der Waals surface area contributed by atoms with Gasteiger partial charge in [0.25, 0.3) is 0 Å². The molecular formula is C19H17FN2O3S. The van der Waals surface area contributed by atoms with Crippen LogP contribution in [0.15, 0.2) is 66.7 Å². The van der Waals surface area contributed by atoms with Crippen molar-refractivity contribution in [2.24, 2.45) is 0 Å². The van der Waals surface area contributed by atoms with Gasteiger partial charge in [-0.3, -0.25) is 9.10 Å². The molecule has 0 unspecified atom stereocenters. The van der Waals surface area contributed by atoms with E-state index in [2.05, 4.69) is 5.32 Å². The fourth-order valence-electron chi connectivity index (χ4n) is 2.61. The average molecular weight is 372 g/mol. The van der Waals surface area contributed by atoms with Crippen molar-refractivity contribution >= 4 is 38.1 Å². The van der Waals surface area contributed by atoms with Crippen molar-refractivity contribution < 1.29 is 17.6 Å². The maximum atomic E-state index is 13.1. The van der Waals surface area contributed by atoms with Gasteiger partial charge in [0.2, 0.25) is 15.9 Å². The molecule has 0 radical (unpaired) electrons. The van der Waals surface area contributed by atoms with E-state index in [1.165, 1.54) is 12.1 Å². The molecule has 1 amide bonds. The minimum atomic E-state index is -3.70. The molecule has 0 aliphatic heterocycles. The number of carbonyl (C=O) groups is 1. The van der Waals surface area contributed by atoms with Crippen molar-refractivity contribution in [1.29, 1.82) is 0 Å². The number of hydrogen-bond acceptors (Lipinski definition) is 3. The highest BCUT2D eigenvalue weighted by molar-refractivity contribution is 7.92. The third-order valence-electron chi connectivity index (χ3n) is 3.84. The number of hydrogen-bond donors (Lipinski definition) is 1. The summed E-state index contributed by atoms with van der Waals surface area (Å²) in [4.78, 5) is 12.4. The Kier molecular flexibility index (Phi) is 4.90. The number of benzene rings is 3. The summed E-state index contributed by atoms with van der Waals surface area (Å²) in [6, 6.07) is 18.1. The van der Waals surface area contributed by atoms with Crippen molar-refractivity contribution in [3.63, 3.8) is 0 Å². The van der Waals surface area contributed by atoms with Crippen LogP contribution in [0.1, 0.15) is 0 Å². The molecule has 1 N–H and O–H groups in total. The van der Waals surface area contributed by atoms with Crippen molar-refractivity contribution in [1.82, 2.24) is 0 Å². The van der Waals surface area contributed by atoms with Gasteiger partial charge in [-0.2, -0.15) is 0 Å². The molecule has 0 aromatic heterocycles. The third kappa shape index (κ3) is 4.18. The lowest BCUT2D eigenvalue weighted by atomic mass is 10.1. The van der Waals surface area contributed by atoms with Crippen molar-refractivity contribution in [3.8, 4) is 0 Å². The second kappa shape index (κ2) is 7.13. The first-order chi connectivity index (χ1) is 12.3. The number of nitrogens with zero attached hydrogens (tertiary/aromatic N) is 1. The summed E-state index contributed by atoms with van der Waals surface area (Å²) in [6.45, 7) is -0.405. The summed E-state index contributed by atoms with van der Waals surface area (Å²) in [5.41, 5.74) is 0.795. The van der Waals surface area contributed by atoms with Gasteiger partial charge in [0.1, 0.15) is 12.4 Å². The summed E-state index contributed by atoms with van der Waals surface area (Å²) < 4.78 is 38.1. The highest BCUT2D eigenvalue weighted by Crippen LogP contribution is 2.20. The lowest BCUT2D eigenvalue weighted by Crippen LogP contribution is -2.37. The molecule has 0 saturated carbocycles. The predicted octanol–water partition coefficient (Wildman–Crippen LogP) is 3.38. The zero-order chi connectivity index (χ0) is 18.7. The number of rotatable bonds is 5. The maximum absolute atomic E-state index is 13.1. The van der Waals surface area contributed by atoms with E-state index >= 15 is 0 Å². The van der Waals surface area contributed by atoms with Gasteiger partial charge in [-0.05, 0) is 47.2 Å². The molecule has 0 atom stereocenters. The molecule has 0 fully saturated rings. The Morgan fingerprint density at radius 1 is 1.00 bits per heavy atom. The lowest BCUT2D eigenvalue weighted by Gasteiger charge is -2.21. The van der Waals surface area contributed by atoms with Gasteiger partial charge in [-0.25, -0.2) is 12.8 Å². The zero-order valence-electron chi connectivity index (χ0n) is 14.0. The number of carbonyl (C=O) groups excluding carboxylic acids is 1. The first-order valence-electron chi connectivity index (χ1n) is 7.85. The van der Waals surface area contributed by atoms with Gasteiger partial charge in [0.05, 0.1) is 11.9 Å². The van der Waals surface area contributed by atoms with Crippen LogP contribution in [0.3, 0.4) is 0 Å². The second-order valence-corrected chi connectivity index (χ2v) is 7.76. The van der Waals surface area contributed by atoms with Crippen molar-refractivity contribution in [3.05, 3.63) is 72.5 Å². The molecule has 3 aromatic carbocycles. The van der Waals surface area contributed by atoms with Crippen molar-refractivity contribution in [2.45, 2.75) is 0 Å². The number of sulfonamides is 1. The number of fused-ring (bicyclic) bond motifs is 1. The van der Waals surface area contributed by atoms with E-state index in [9.17, 15) is 17.6 Å². The predicted molar refractivity (Wildman–Crippen MR) is 101 cm³/mol. The van der Waals surface area contributed by atoms with Gasteiger partial charge >= 0.3 is 0 Å². The topological polar surface area (TPSA) is 66.5 Å². The normalized spacial score (nSPS) is 11.3. The van der Waals surface area contributed by atoms with Crippen LogP contribution in [-0.2, 0) is 14.8 Å². The molecule has 3 rings (SSSR count). The molecule has 0 heterocycles. The van der Waals surface area contributed by atoms with E-state index in [0.717, 1.165) is 33.5 Å². The SMILES string of the molecule is CS(=O)(=O)N(CC(=O)Nc1ccc2ccccc2c1)c1ccc(F)cc1. The third-order valence-corrected chi connectivity index (χ3v) is 4.98. The second-order valence-electron chi connectivity index (χ2n) is 5.86. The first-order valence-corrected chi connectivity index (χ1v) is 9.70. The maximum Gasteiger partial charge on any atom is 0.245 e. The first kappa shape index (κ1) is 17.9. The lowest BCUT2D eigenvalue weighted by molar-refractivity contribution is -0.114. The van der Waals surface area contributed by atoms with Crippen LogP contribution in [0.5, 0.6) is 0 Å². The molecule has 0 bridgehead atoms. The largest absolute Gasteiger partial charge is 0.324 e. The highest BCUT2D eigenvalue weighted by atomic mass is 32.2. The van der Waals surface area contributed by atoms with Crippen LogP contribution in [0.4, 0.5) is 15.8 Å². The van der Waals surface area contributed by atoms with E-state index in [4.69, 9.17) is 0 Å². The summed E-state index contributed by atoms with van der Waals surface area (Å²) in [5, 5.41) is 4.70. The molecule has 0 aliphatic carbocycles. The van der Waals surface area contributed by atoms with Gasteiger partial charge < -0.3 is 5.32 Å². The van der Waals surface area contributed by atoms with Gasteiger partial charge in [-0.15, -0.1) is 0 Å². The van der Waals surface area contributed by atoms with E-state index < -0.39 is 28.3 Å². The summed E-state index contributed by atoms with van der Waals surface area (Å²) in [5.74, 6) is -0.974. The van der Waals surface area contributed by atoms with E-state index in [1.54, 1.807) is 6.07 Å². The van der Waals surface area contributed by atoms with Crippen LogP contribution in [0.2, 0.25) is 0 Å². The Bertz CT molecular complexity index is 1050. The minimum Gasteiger partial charge on any atom is -0.324 e. The van der Waals surface area contributed by atoms with E-state index in [-0.39, 0.29) is 5.69 Å². The summed E-state index contributed by atoms with van der Waals surface area (Å²) in [7, 11) is -3.70. The smallest absolute Gasteiger partial charge is 0.245 e. The number of nitrogens with one attached hydrogen (secondary N) is 1. The summed E-state index contributed by atoms with van der Waals surface area (Å²) >= 11 is 0.